The van der Waals surface area contributed by atoms with Gasteiger partial charge in [-0.3, -0.25) is 4.79 Å². The van der Waals surface area contributed by atoms with E-state index in [1.54, 1.807) is 29.5 Å². The van der Waals surface area contributed by atoms with Crippen molar-refractivity contribution in [3.05, 3.63) is 87.9 Å². The smallest absolute Gasteiger partial charge is 0.267 e. The molecule has 4 rings (SSSR count). The van der Waals surface area contributed by atoms with Gasteiger partial charge in [0.25, 0.3) is 5.91 Å². The Morgan fingerprint density at radius 1 is 1.17 bits per heavy atom. The third-order valence-electron chi connectivity index (χ3n) is 4.05. The molecular weight excluding hydrogens is 405 g/mol. The molecule has 1 amide bonds. The molecule has 0 bridgehead atoms. The van der Waals surface area contributed by atoms with E-state index in [9.17, 15) is 9.18 Å². The molecule has 0 unspecified atom stereocenters. The summed E-state index contributed by atoms with van der Waals surface area (Å²) >= 11 is 2.94. The summed E-state index contributed by atoms with van der Waals surface area (Å²) in [7, 11) is 0. The van der Waals surface area contributed by atoms with Gasteiger partial charge >= 0.3 is 0 Å². The maximum Gasteiger partial charge on any atom is 0.273 e. The summed E-state index contributed by atoms with van der Waals surface area (Å²) in [4.78, 5) is 18.4. The molecule has 144 valence electrons. The fourth-order valence-corrected chi connectivity index (χ4v) is 4.24. The molecule has 0 atom stereocenters. The van der Waals surface area contributed by atoms with E-state index in [1.165, 1.54) is 40.8 Å². The van der Waals surface area contributed by atoms with E-state index in [2.05, 4.69) is 10.1 Å². The SMILES string of the molecule is Cc1ccc2nc(N(/N=C/c3ccc(F)cc3)C(=O)/C=C/c3cccs3)sc2c1. The Kier molecular flexibility index (Phi) is 5.59. The van der Waals surface area contributed by atoms with Gasteiger partial charge in [-0.05, 0) is 59.8 Å². The highest BCUT2D eigenvalue weighted by Gasteiger charge is 2.17. The third kappa shape index (κ3) is 4.64. The summed E-state index contributed by atoms with van der Waals surface area (Å²) in [6, 6.07) is 15.7. The second kappa shape index (κ2) is 8.46. The van der Waals surface area contributed by atoms with Crippen LogP contribution in [0, 0.1) is 12.7 Å². The summed E-state index contributed by atoms with van der Waals surface area (Å²) < 4.78 is 14.1. The van der Waals surface area contributed by atoms with E-state index in [1.807, 2.05) is 42.6 Å². The molecule has 4 nitrogen and oxygen atoms in total. The number of benzene rings is 2. The van der Waals surface area contributed by atoms with Gasteiger partial charge in [-0.2, -0.15) is 10.1 Å². The first-order valence-electron chi connectivity index (χ1n) is 8.81. The van der Waals surface area contributed by atoms with Gasteiger partial charge in [-0.15, -0.1) is 11.3 Å². The van der Waals surface area contributed by atoms with Crippen LogP contribution in [0.15, 0.2) is 71.2 Å². The van der Waals surface area contributed by atoms with E-state index in [0.29, 0.717) is 10.7 Å². The number of aromatic nitrogens is 1. The molecule has 0 saturated carbocycles. The Hall–Kier alpha value is -3.16. The Bertz CT molecular complexity index is 1190. The van der Waals surface area contributed by atoms with E-state index < -0.39 is 0 Å². The molecule has 0 N–H and O–H groups in total. The summed E-state index contributed by atoms with van der Waals surface area (Å²) in [5.41, 5.74) is 2.62. The van der Waals surface area contributed by atoms with Crippen LogP contribution in [0.25, 0.3) is 16.3 Å². The number of fused-ring (bicyclic) bond motifs is 1. The lowest BCUT2D eigenvalue weighted by Crippen LogP contribution is -2.23. The van der Waals surface area contributed by atoms with Gasteiger partial charge < -0.3 is 0 Å². The topological polar surface area (TPSA) is 45.6 Å². The predicted octanol–water partition coefficient (Wildman–Crippen LogP) is 5.89. The van der Waals surface area contributed by atoms with Crippen LogP contribution < -0.4 is 5.01 Å². The monoisotopic (exact) mass is 421 g/mol. The second-order valence-corrected chi connectivity index (χ2v) is 8.25. The molecule has 0 aliphatic heterocycles. The number of hydrogen-bond acceptors (Lipinski definition) is 5. The number of anilines is 1. The summed E-state index contributed by atoms with van der Waals surface area (Å²) in [6.07, 6.45) is 4.75. The maximum atomic E-state index is 13.1. The minimum Gasteiger partial charge on any atom is -0.267 e. The van der Waals surface area contributed by atoms with Crippen molar-refractivity contribution in [3.63, 3.8) is 0 Å². The largest absolute Gasteiger partial charge is 0.273 e. The molecule has 0 aliphatic rings. The average Bonchev–Trinajstić information content (AvgIpc) is 3.37. The van der Waals surface area contributed by atoms with Crippen LogP contribution in [0.5, 0.6) is 0 Å². The zero-order valence-corrected chi connectivity index (χ0v) is 17.1. The number of thiazole rings is 1. The minimum atomic E-state index is -0.324. The number of rotatable bonds is 5. The highest BCUT2D eigenvalue weighted by atomic mass is 32.1. The number of thiophene rings is 1. The molecule has 0 aliphatic carbocycles. The standard InChI is InChI=1S/C22H16FN3OS2/c1-15-4-10-19-20(13-15)29-22(25-19)26(21(27)11-9-18-3-2-12-28-18)24-14-16-5-7-17(23)8-6-16/h2-14H,1H3/b11-9+,24-14+. The van der Waals surface area contributed by atoms with E-state index in [-0.39, 0.29) is 11.7 Å². The van der Waals surface area contributed by atoms with Crippen molar-refractivity contribution in [2.45, 2.75) is 6.92 Å². The number of hydrogen-bond donors (Lipinski definition) is 0. The van der Waals surface area contributed by atoms with Gasteiger partial charge in [0.2, 0.25) is 5.13 Å². The van der Waals surface area contributed by atoms with E-state index in [0.717, 1.165) is 20.7 Å². The Balaban J connectivity index is 1.68. The number of halogens is 1. The van der Waals surface area contributed by atoms with Crippen molar-refractivity contribution in [1.82, 2.24) is 4.98 Å². The van der Waals surface area contributed by atoms with Crippen LogP contribution in [-0.2, 0) is 4.79 Å². The highest BCUT2D eigenvalue weighted by molar-refractivity contribution is 7.22. The van der Waals surface area contributed by atoms with E-state index in [4.69, 9.17) is 0 Å². The second-order valence-electron chi connectivity index (χ2n) is 6.26. The zero-order chi connectivity index (χ0) is 20.2. The van der Waals surface area contributed by atoms with Crippen LogP contribution in [0.3, 0.4) is 0 Å². The number of carbonyl (C=O) groups excluding carboxylic acids is 1. The first-order valence-corrected chi connectivity index (χ1v) is 10.5. The lowest BCUT2D eigenvalue weighted by molar-refractivity contribution is -0.114. The zero-order valence-electron chi connectivity index (χ0n) is 15.4. The average molecular weight is 422 g/mol. The quantitative estimate of drug-likeness (QED) is 0.229. The minimum absolute atomic E-state index is 0.312. The molecule has 0 spiro atoms. The lowest BCUT2D eigenvalue weighted by atomic mass is 10.2. The molecule has 4 aromatic rings. The number of aryl methyl sites for hydroxylation is 1. The van der Waals surface area contributed by atoms with Crippen LogP contribution in [0.2, 0.25) is 0 Å². The van der Waals surface area contributed by atoms with Crippen molar-refractivity contribution in [2.24, 2.45) is 5.10 Å². The van der Waals surface area contributed by atoms with Crippen LogP contribution >= 0.6 is 22.7 Å². The molecule has 29 heavy (non-hydrogen) atoms. The molecule has 7 heteroatoms. The summed E-state index contributed by atoms with van der Waals surface area (Å²) in [5, 5.41) is 8.04. The Morgan fingerprint density at radius 2 is 2.00 bits per heavy atom. The van der Waals surface area contributed by atoms with Crippen molar-refractivity contribution in [2.75, 3.05) is 5.01 Å². The molecular formula is C22H16FN3OS2. The Morgan fingerprint density at radius 3 is 2.76 bits per heavy atom. The van der Waals surface area contributed by atoms with Gasteiger partial charge in [0.1, 0.15) is 5.82 Å². The van der Waals surface area contributed by atoms with Crippen molar-refractivity contribution in [1.29, 1.82) is 0 Å². The third-order valence-corrected chi connectivity index (χ3v) is 5.88. The fourth-order valence-electron chi connectivity index (χ4n) is 2.59. The van der Waals surface area contributed by atoms with Gasteiger partial charge in [0.15, 0.2) is 0 Å². The van der Waals surface area contributed by atoms with Crippen LogP contribution in [0.4, 0.5) is 9.52 Å². The molecule has 0 fully saturated rings. The van der Waals surface area contributed by atoms with Crippen molar-refractivity contribution in [3.8, 4) is 0 Å². The molecule has 0 saturated heterocycles. The number of nitrogens with zero attached hydrogens (tertiary/aromatic N) is 3. The first kappa shape index (κ1) is 19.2. The van der Waals surface area contributed by atoms with Gasteiger partial charge in [-0.1, -0.05) is 35.6 Å². The molecule has 0 radical (unpaired) electrons. The van der Waals surface area contributed by atoms with Gasteiger partial charge in [-0.25, -0.2) is 9.37 Å². The fraction of sp³-hybridized carbons (Fsp3) is 0.0455. The number of amides is 1. The van der Waals surface area contributed by atoms with Gasteiger partial charge in [0, 0.05) is 11.0 Å². The lowest BCUT2D eigenvalue weighted by Gasteiger charge is -2.11. The number of carbonyl (C=O) groups is 1. The predicted molar refractivity (Wildman–Crippen MR) is 119 cm³/mol. The van der Waals surface area contributed by atoms with Gasteiger partial charge in [0.05, 0.1) is 16.4 Å². The molecule has 2 heterocycles. The summed E-state index contributed by atoms with van der Waals surface area (Å²) in [6.45, 7) is 2.01. The van der Waals surface area contributed by atoms with Crippen molar-refractivity contribution >= 4 is 56.2 Å². The molecule has 2 aromatic heterocycles. The normalized spacial score (nSPS) is 11.7. The number of hydrazone groups is 1. The van der Waals surface area contributed by atoms with Crippen LogP contribution in [0.1, 0.15) is 16.0 Å². The van der Waals surface area contributed by atoms with E-state index >= 15 is 0 Å². The van der Waals surface area contributed by atoms with Crippen LogP contribution in [-0.4, -0.2) is 17.1 Å². The first-order chi connectivity index (χ1) is 14.1. The Labute approximate surface area is 175 Å². The molecule has 2 aromatic carbocycles. The maximum absolute atomic E-state index is 13.1. The summed E-state index contributed by atoms with van der Waals surface area (Å²) in [5.74, 6) is -0.636. The van der Waals surface area contributed by atoms with Crippen molar-refractivity contribution < 1.29 is 9.18 Å². The highest BCUT2D eigenvalue weighted by Crippen LogP contribution is 2.30.